The molecule has 4 rings (SSSR count). The first-order valence-electron chi connectivity index (χ1n) is 10.3. The van der Waals surface area contributed by atoms with Gasteiger partial charge in [-0.15, -0.1) is 0 Å². The van der Waals surface area contributed by atoms with Crippen molar-refractivity contribution in [1.29, 1.82) is 0 Å². The Kier molecular flexibility index (Phi) is 4.85. The molecule has 0 nitrogen and oxygen atoms in total. The number of benzene rings is 2. The summed E-state index contributed by atoms with van der Waals surface area (Å²) in [6.45, 7) is 7.00. The van der Waals surface area contributed by atoms with Crippen LogP contribution in [0.5, 0.6) is 0 Å². The first kappa shape index (κ1) is 17.3. The van der Waals surface area contributed by atoms with Crippen molar-refractivity contribution in [3.8, 4) is 0 Å². The third kappa shape index (κ3) is 3.07. The molecule has 2 aromatic carbocycles. The highest BCUT2D eigenvalue weighted by Gasteiger charge is 2.27. The van der Waals surface area contributed by atoms with Gasteiger partial charge in [-0.1, -0.05) is 81.5 Å². The van der Waals surface area contributed by atoms with Crippen LogP contribution in [-0.4, -0.2) is 0 Å². The predicted octanol–water partition coefficient (Wildman–Crippen LogP) is 7.58. The number of allylic oxidation sites excluding steroid dienone is 4. The van der Waals surface area contributed by atoms with Gasteiger partial charge in [-0.3, -0.25) is 0 Å². The first-order chi connectivity index (χ1) is 12.7. The molecular formula is C26H30. The van der Waals surface area contributed by atoms with E-state index in [1.807, 2.05) is 0 Å². The molecule has 0 fully saturated rings. The quantitative estimate of drug-likeness (QED) is 0.507. The van der Waals surface area contributed by atoms with E-state index in [1.54, 1.807) is 11.1 Å². The minimum atomic E-state index is 0.599. The Morgan fingerprint density at radius 2 is 1.12 bits per heavy atom. The fraction of sp³-hybridized carbons (Fsp3) is 0.385. The summed E-state index contributed by atoms with van der Waals surface area (Å²) in [4.78, 5) is 0. The summed E-state index contributed by atoms with van der Waals surface area (Å²) in [5, 5.41) is 0. The average Bonchev–Trinajstić information content (AvgIpc) is 3.20. The predicted molar refractivity (Wildman–Crippen MR) is 113 cm³/mol. The van der Waals surface area contributed by atoms with Gasteiger partial charge in [-0.2, -0.15) is 0 Å². The lowest BCUT2D eigenvalue weighted by Crippen LogP contribution is -2.06. The molecule has 0 heteroatoms. The van der Waals surface area contributed by atoms with Crippen LogP contribution in [0.1, 0.15) is 80.5 Å². The van der Waals surface area contributed by atoms with Crippen LogP contribution in [-0.2, 0) is 0 Å². The van der Waals surface area contributed by atoms with Crippen LogP contribution < -0.4 is 0 Å². The summed E-state index contributed by atoms with van der Waals surface area (Å²) in [7, 11) is 0. The molecule has 0 spiro atoms. The molecule has 0 aliphatic heterocycles. The van der Waals surface area contributed by atoms with Crippen molar-refractivity contribution in [3.63, 3.8) is 0 Å². The highest BCUT2D eigenvalue weighted by Crippen LogP contribution is 2.44. The van der Waals surface area contributed by atoms with Gasteiger partial charge in [0.1, 0.15) is 0 Å². The third-order valence-corrected chi connectivity index (χ3v) is 6.29. The van der Waals surface area contributed by atoms with Crippen molar-refractivity contribution in [3.05, 3.63) is 82.9 Å². The van der Waals surface area contributed by atoms with Gasteiger partial charge in [0, 0.05) is 11.8 Å². The molecule has 26 heavy (non-hydrogen) atoms. The number of rotatable bonds is 6. The fourth-order valence-electron chi connectivity index (χ4n) is 5.04. The van der Waals surface area contributed by atoms with Gasteiger partial charge >= 0.3 is 0 Å². The zero-order valence-electron chi connectivity index (χ0n) is 16.3. The minimum absolute atomic E-state index is 0.599. The van der Waals surface area contributed by atoms with E-state index in [4.69, 9.17) is 0 Å². The zero-order chi connectivity index (χ0) is 18.1. The number of hydrogen-bond donors (Lipinski definition) is 0. The van der Waals surface area contributed by atoms with E-state index in [0.29, 0.717) is 17.8 Å². The molecule has 0 amide bonds. The van der Waals surface area contributed by atoms with Crippen molar-refractivity contribution in [2.45, 2.75) is 58.3 Å². The van der Waals surface area contributed by atoms with Gasteiger partial charge < -0.3 is 0 Å². The van der Waals surface area contributed by atoms with Crippen molar-refractivity contribution >= 4 is 11.1 Å². The molecule has 2 unspecified atom stereocenters. The van der Waals surface area contributed by atoms with Crippen LogP contribution in [0.2, 0.25) is 0 Å². The topological polar surface area (TPSA) is 0 Å². The van der Waals surface area contributed by atoms with Crippen molar-refractivity contribution in [2.24, 2.45) is 5.92 Å². The molecule has 2 atom stereocenters. The Balaban J connectivity index is 1.50. The van der Waals surface area contributed by atoms with Crippen molar-refractivity contribution in [2.75, 3.05) is 0 Å². The minimum Gasteiger partial charge on any atom is -0.0732 e. The average molecular weight is 343 g/mol. The largest absolute Gasteiger partial charge is 0.0732 e. The molecule has 0 bridgehead atoms. The normalized spacial score (nSPS) is 21.8. The monoisotopic (exact) mass is 342 g/mol. The molecule has 2 aliphatic rings. The van der Waals surface area contributed by atoms with Gasteiger partial charge in [0.25, 0.3) is 0 Å². The van der Waals surface area contributed by atoms with Crippen LogP contribution in [0, 0.1) is 5.92 Å². The second-order valence-electron chi connectivity index (χ2n) is 8.05. The van der Waals surface area contributed by atoms with E-state index in [0.717, 1.165) is 12.8 Å². The number of hydrogen-bond acceptors (Lipinski definition) is 0. The smallest absolute Gasteiger partial charge is 0.00325 e. The summed E-state index contributed by atoms with van der Waals surface area (Å²) in [5.41, 5.74) is 9.16. The molecule has 0 aromatic heterocycles. The van der Waals surface area contributed by atoms with E-state index in [-0.39, 0.29) is 0 Å². The molecule has 0 N–H and O–H groups in total. The molecule has 134 valence electrons. The van der Waals surface area contributed by atoms with Gasteiger partial charge in [0.15, 0.2) is 0 Å². The van der Waals surface area contributed by atoms with Crippen molar-refractivity contribution < 1.29 is 0 Å². The maximum Gasteiger partial charge on any atom is 0.00325 e. The van der Waals surface area contributed by atoms with Crippen molar-refractivity contribution in [1.82, 2.24) is 0 Å². The molecule has 2 aliphatic carbocycles. The van der Waals surface area contributed by atoms with Gasteiger partial charge in [0.2, 0.25) is 0 Å². The standard InChI is InChI=1S/C26H30/c1-4-19-16-21(25-12-8-6-10-23(19)25)14-18(3)15-22-17-20(5-2)24-11-7-9-13-26(22)24/h6-13,16-18,21-22H,4-5,14-15H2,1-3H3. The summed E-state index contributed by atoms with van der Waals surface area (Å²) < 4.78 is 0. The zero-order valence-corrected chi connectivity index (χ0v) is 16.3. The Morgan fingerprint density at radius 3 is 1.54 bits per heavy atom. The van der Waals surface area contributed by atoms with Gasteiger partial charge in [-0.05, 0) is 65.0 Å². The third-order valence-electron chi connectivity index (χ3n) is 6.29. The van der Waals surface area contributed by atoms with Gasteiger partial charge in [-0.25, -0.2) is 0 Å². The lowest BCUT2D eigenvalue weighted by atomic mass is 9.84. The van der Waals surface area contributed by atoms with E-state index in [1.165, 1.54) is 35.1 Å². The maximum absolute atomic E-state index is 2.54. The molecular weight excluding hydrogens is 312 g/mol. The molecule has 0 heterocycles. The van der Waals surface area contributed by atoms with E-state index < -0.39 is 0 Å². The SMILES string of the molecule is CCC1=CC(CC(C)CC2C=C(CC)c3ccccc32)c2ccccc21. The Labute approximate surface area is 158 Å². The molecule has 0 saturated carbocycles. The van der Waals surface area contributed by atoms with Crippen LogP contribution in [0.25, 0.3) is 11.1 Å². The number of fused-ring (bicyclic) bond motifs is 2. The first-order valence-corrected chi connectivity index (χ1v) is 10.3. The summed E-state index contributed by atoms with van der Waals surface area (Å²) in [5.74, 6) is 1.91. The second-order valence-corrected chi connectivity index (χ2v) is 8.05. The lowest BCUT2D eigenvalue weighted by molar-refractivity contribution is 0.454. The second kappa shape index (κ2) is 7.27. The van der Waals surface area contributed by atoms with Gasteiger partial charge in [0.05, 0.1) is 0 Å². The van der Waals surface area contributed by atoms with Crippen LogP contribution in [0.3, 0.4) is 0 Å². The summed E-state index contributed by atoms with van der Waals surface area (Å²) in [6.07, 6.45) is 9.87. The van der Waals surface area contributed by atoms with Crippen LogP contribution in [0.15, 0.2) is 60.7 Å². The maximum atomic E-state index is 2.54. The Bertz CT molecular complexity index is 780. The molecule has 2 aromatic rings. The van der Waals surface area contributed by atoms with E-state index in [9.17, 15) is 0 Å². The van der Waals surface area contributed by atoms with Crippen LogP contribution in [0.4, 0.5) is 0 Å². The van der Waals surface area contributed by atoms with E-state index in [2.05, 4.69) is 81.5 Å². The van der Waals surface area contributed by atoms with E-state index >= 15 is 0 Å². The summed E-state index contributed by atoms with van der Waals surface area (Å²) in [6, 6.07) is 18.1. The Morgan fingerprint density at radius 1 is 0.692 bits per heavy atom. The fourth-order valence-corrected chi connectivity index (χ4v) is 5.04. The highest BCUT2D eigenvalue weighted by atomic mass is 14.3. The molecule has 0 radical (unpaired) electrons. The van der Waals surface area contributed by atoms with Crippen LogP contribution >= 0.6 is 0 Å². The molecule has 0 saturated heterocycles. The Hall–Kier alpha value is -2.08. The summed E-state index contributed by atoms with van der Waals surface area (Å²) >= 11 is 0. The lowest BCUT2D eigenvalue weighted by Gasteiger charge is -2.20. The highest BCUT2D eigenvalue weighted by molar-refractivity contribution is 5.75.